The van der Waals surface area contributed by atoms with Crippen molar-refractivity contribution in [1.29, 1.82) is 0 Å². The second-order valence-electron chi connectivity index (χ2n) is 5.19. The number of nitrogens with one attached hydrogen (secondary N) is 1. The van der Waals surface area contributed by atoms with Gasteiger partial charge in [-0.05, 0) is 48.4 Å². The van der Waals surface area contributed by atoms with Gasteiger partial charge < -0.3 is 5.32 Å². The first-order valence-electron chi connectivity index (χ1n) is 6.77. The van der Waals surface area contributed by atoms with E-state index < -0.39 is 0 Å². The van der Waals surface area contributed by atoms with Crippen LogP contribution in [0.2, 0.25) is 0 Å². The fourth-order valence-corrected chi connectivity index (χ4v) is 2.26. The van der Waals surface area contributed by atoms with Crippen molar-refractivity contribution < 1.29 is 0 Å². The highest BCUT2D eigenvalue weighted by Gasteiger charge is 2.21. The van der Waals surface area contributed by atoms with Crippen molar-refractivity contribution in [3.05, 3.63) is 65.7 Å². The number of hydrogen-bond acceptors (Lipinski definition) is 1. The van der Waals surface area contributed by atoms with E-state index in [1.165, 1.54) is 36.1 Å². The second kappa shape index (κ2) is 5.26. The maximum absolute atomic E-state index is 3.49. The van der Waals surface area contributed by atoms with E-state index in [0.29, 0.717) is 0 Å². The van der Waals surface area contributed by atoms with Crippen molar-refractivity contribution in [2.24, 2.45) is 5.92 Å². The molecule has 2 aromatic rings. The lowest BCUT2D eigenvalue weighted by Crippen LogP contribution is -1.99. The van der Waals surface area contributed by atoms with Gasteiger partial charge >= 0.3 is 0 Å². The Kier molecular flexibility index (Phi) is 3.31. The van der Waals surface area contributed by atoms with Crippen LogP contribution in [0.1, 0.15) is 24.0 Å². The van der Waals surface area contributed by atoms with Gasteiger partial charge in [0.15, 0.2) is 0 Å². The standard InChI is InChI=1S/C17H19N/c1-2-5-15(6-3-1)13-18-17-8-4-7-16(12-17)11-14-9-10-14/h1-8,12,14,18H,9-11,13H2. The van der Waals surface area contributed by atoms with Gasteiger partial charge in [0.1, 0.15) is 0 Å². The van der Waals surface area contributed by atoms with Gasteiger partial charge in [-0.2, -0.15) is 0 Å². The lowest BCUT2D eigenvalue weighted by atomic mass is 10.1. The lowest BCUT2D eigenvalue weighted by Gasteiger charge is -2.08. The number of hydrogen-bond donors (Lipinski definition) is 1. The molecule has 0 unspecified atom stereocenters. The fraction of sp³-hybridized carbons (Fsp3) is 0.294. The van der Waals surface area contributed by atoms with Gasteiger partial charge in [-0.1, -0.05) is 42.5 Å². The van der Waals surface area contributed by atoms with Gasteiger partial charge in [0.25, 0.3) is 0 Å². The van der Waals surface area contributed by atoms with Crippen LogP contribution in [-0.4, -0.2) is 0 Å². The molecule has 1 heteroatoms. The number of benzene rings is 2. The highest BCUT2D eigenvalue weighted by atomic mass is 14.9. The van der Waals surface area contributed by atoms with Crippen LogP contribution in [-0.2, 0) is 13.0 Å². The summed E-state index contributed by atoms with van der Waals surface area (Å²) in [4.78, 5) is 0. The van der Waals surface area contributed by atoms with E-state index in [0.717, 1.165) is 12.5 Å². The normalized spacial score (nSPS) is 14.4. The zero-order valence-electron chi connectivity index (χ0n) is 10.6. The first kappa shape index (κ1) is 11.3. The summed E-state index contributed by atoms with van der Waals surface area (Å²) in [5, 5.41) is 3.49. The molecule has 2 aromatic carbocycles. The summed E-state index contributed by atoms with van der Waals surface area (Å²) >= 11 is 0. The second-order valence-corrected chi connectivity index (χ2v) is 5.19. The molecule has 0 radical (unpaired) electrons. The summed E-state index contributed by atoms with van der Waals surface area (Å²) in [7, 11) is 0. The maximum atomic E-state index is 3.49. The average Bonchev–Trinajstić information content (AvgIpc) is 3.22. The predicted octanol–water partition coefficient (Wildman–Crippen LogP) is 4.25. The van der Waals surface area contributed by atoms with Crippen LogP contribution in [0.15, 0.2) is 54.6 Å². The third kappa shape index (κ3) is 3.13. The van der Waals surface area contributed by atoms with Gasteiger partial charge in [0.2, 0.25) is 0 Å². The van der Waals surface area contributed by atoms with E-state index in [9.17, 15) is 0 Å². The summed E-state index contributed by atoms with van der Waals surface area (Å²) in [5.41, 5.74) is 4.03. The summed E-state index contributed by atoms with van der Waals surface area (Å²) in [5.74, 6) is 0.953. The molecule has 0 heterocycles. The molecule has 1 saturated carbocycles. The number of anilines is 1. The van der Waals surface area contributed by atoms with Crippen LogP contribution in [0.3, 0.4) is 0 Å². The van der Waals surface area contributed by atoms with E-state index >= 15 is 0 Å². The van der Waals surface area contributed by atoms with E-state index in [1.54, 1.807) is 0 Å². The molecule has 3 rings (SSSR count). The van der Waals surface area contributed by atoms with Crippen LogP contribution >= 0.6 is 0 Å². The van der Waals surface area contributed by atoms with Gasteiger partial charge in [-0.25, -0.2) is 0 Å². The first-order valence-corrected chi connectivity index (χ1v) is 6.77. The largest absolute Gasteiger partial charge is 0.381 e. The highest BCUT2D eigenvalue weighted by molar-refractivity contribution is 5.46. The van der Waals surface area contributed by atoms with Crippen LogP contribution in [0, 0.1) is 5.92 Å². The molecule has 92 valence electrons. The van der Waals surface area contributed by atoms with Crippen molar-refractivity contribution in [1.82, 2.24) is 0 Å². The minimum absolute atomic E-state index is 0.897. The summed E-state index contributed by atoms with van der Waals surface area (Å²) in [6, 6.07) is 19.4. The molecular weight excluding hydrogens is 218 g/mol. The Labute approximate surface area is 109 Å². The Morgan fingerprint density at radius 2 is 1.67 bits per heavy atom. The van der Waals surface area contributed by atoms with Crippen LogP contribution < -0.4 is 5.32 Å². The molecule has 1 nitrogen and oxygen atoms in total. The third-order valence-corrected chi connectivity index (χ3v) is 3.49. The highest BCUT2D eigenvalue weighted by Crippen LogP contribution is 2.33. The van der Waals surface area contributed by atoms with Gasteiger partial charge in [0, 0.05) is 12.2 Å². The molecule has 18 heavy (non-hydrogen) atoms. The van der Waals surface area contributed by atoms with E-state index in [-0.39, 0.29) is 0 Å². The molecule has 1 N–H and O–H groups in total. The minimum Gasteiger partial charge on any atom is -0.381 e. The zero-order valence-corrected chi connectivity index (χ0v) is 10.6. The van der Waals surface area contributed by atoms with Crippen molar-refractivity contribution in [3.63, 3.8) is 0 Å². The molecule has 0 saturated heterocycles. The van der Waals surface area contributed by atoms with E-state index in [4.69, 9.17) is 0 Å². The molecule has 0 bridgehead atoms. The minimum atomic E-state index is 0.897. The SMILES string of the molecule is c1ccc(CNc2cccc(CC3CC3)c2)cc1. The number of rotatable bonds is 5. The molecule has 0 aromatic heterocycles. The van der Waals surface area contributed by atoms with Crippen molar-refractivity contribution >= 4 is 5.69 Å². The molecule has 1 aliphatic rings. The summed E-state index contributed by atoms with van der Waals surface area (Å²) < 4.78 is 0. The molecule has 1 aliphatic carbocycles. The Hall–Kier alpha value is -1.76. The van der Waals surface area contributed by atoms with E-state index in [2.05, 4.69) is 59.9 Å². The molecule has 0 spiro atoms. The van der Waals surface area contributed by atoms with Crippen molar-refractivity contribution in [3.8, 4) is 0 Å². The average molecular weight is 237 g/mol. The van der Waals surface area contributed by atoms with Gasteiger partial charge in [0.05, 0.1) is 0 Å². The Morgan fingerprint density at radius 1 is 0.889 bits per heavy atom. The monoisotopic (exact) mass is 237 g/mol. The van der Waals surface area contributed by atoms with Crippen molar-refractivity contribution in [2.45, 2.75) is 25.8 Å². The Bertz CT molecular complexity index is 500. The van der Waals surface area contributed by atoms with Crippen molar-refractivity contribution in [2.75, 3.05) is 5.32 Å². The lowest BCUT2D eigenvalue weighted by molar-refractivity contribution is 0.832. The third-order valence-electron chi connectivity index (χ3n) is 3.49. The Balaban J connectivity index is 1.61. The predicted molar refractivity (Wildman–Crippen MR) is 76.6 cm³/mol. The van der Waals surface area contributed by atoms with Gasteiger partial charge in [-0.3, -0.25) is 0 Å². The topological polar surface area (TPSA) is 12.0 Å². The molecule has 0 amide bonds. The van der Waals surface area contributed by atoms with Gasteiger partial charge in [-0.15, -0.1) is 0 Å². The maximum Gasteiger partial charge on any atom is 0.0400 e. The molecule has 0 atom stereocenters. The molecule has 0 aliphatic heterocycles. The smallest absolute Gasteiger partial charge is 0.0400 e. The zero-order chi connectivity index (χ0) is 12.2. The molecular formula is C17H19N. The first-order chi connectivity index (χ1) is 8.90. The fourth-order valence-electron chi connectivity index (χ4n) is 2.26. The summed E-state index contributed by atoms with van der Waals surface area (Å²) in [6.07, 6.45) is 4.09. The molecule has 1 fully saturated rings. The van der Waals surface area contributed by atoms with Crippen LogP contribution in [0.5, 0.6) is 0 Å². The van der Waals surface area contributed by atoms with E-state index in [1.807, 2.05) is 0 Å². The Morgan fingerprint density at radius 3 is 2.44 bits per heavy atom. The van der Waals surface area contributed by atoms with Crippen LogP contribution in [0.25, 0.3) is 0 Å². The quantitative estimate of drug-likeness (QED) is 0.819. The van der Waals surface area contributed by atoms with Crippen LogP contribution in [0.4, 0.5) is 5.69 Å². The summed E-state index contributed by atoms with van der Waals surface area (Å²) in [6.45, 7) is 0.897.